The van der Waals surface area contributed by atoms with Gasteiger partial charge in [-0.2, -0.15) is 0 Å². The molecule has 1 heterocycles. The summed E-state index contributed by atoms with van der Waals surface area (Å²) < 4.78 is 5.57. The number of benzene rings is 2. The van der Waals surface area contributed by atoms with Crippen molar-refractivity contribution in [1.82, 2.24) is 0 Å². The molecule has 3 rings (SSSR count). The van der Waals surface area contributed by atoms with Crippen molar-refractivity contribution < 1.29 is 14.5 Å². The molecule has 1 N–H and O–H groups in total. The van der Waals surface area contributed by atoms with Crippen molar-refractivity contribution in [2.45, 2.75) is 47.1 Å². The molecule has 0 radical (unpaired) electrons. The molecule has 0 amide bonds. The monoisotopic (exact) mass is 348 g/mol. The summed E-state index contributed by atoms with van der Waals surface area (Å²) in [4.78, 5) is 12.8. The summed E-state index contributed by atoms with van der Waals surface area (Å²) in [5.74, 6) is -0.0432. The molecular formula is C22H25BO3. The molecule has 1 aliphatic rings. The van der Waals surface area contributed by atoms with Crippen molar-refractivity contribution in [2.24, 2.45) is 0 Å². The Balaban J connectivity index is 1.95. The van der Waals surface area contributed by atoms with Gasteiger partial charge in [0.05, 0.1) is 5.60 Å². The molecule has 0 unspecified atom stereocenters. The maximum atomic E-state index is 12.8. The third kappa shape index (κ3) is 3.27. The largest absolute Gasteiger partial charge is 0.492 e. The van der Waals surface area contributed by atoms with Crippen molar-refractivity contribution >= 4 is 23.9 Å². The van der Waals surface area contributed by atoms with E-state index in [1.165, 1.54) is 16.7 Å². The van der Waals surface area contributed by atoms with Gasteiger partial charge in [0.15, 0.2) is 5.78 Å². The Kier molecular flexibility index (Phi) is 4.68. The first-order chi connectivity index (χ1) is 12.1. The third-order valence-electron chi connectivity index (χ3n) is 5.39. The summed E-state index contributed by atoms with van der Waals surface area (Å²) in [6.07, 6.45) is 1.69. The second-order valence-corrected chi connectivity index (χ2v) is 7.71. The molecule has 2 aromatic carbocycles. The summed E-state index contributed by atoms with van der Waals surface area (Å²) in [6, 6.07) is 9.62. The summed E-state index contributed by atoms with van der Waals surface area (Å²) in [6.45, 7) is 12.1. The van der Waals surface area contributed by atoms with Crippen LogP contribution in [0.4, 0.5) is 0 Å². The van der Waals surface area contributed by atoms with Gasteiger partial charge in [-0.25, -0.2) is 0 Å². The zero-order chi connectivity index (χ0) is 19.2. The van der Waals surface area contributed by atoms with E-state index in [2.05, 4.69) is 32.9 Å². The zero-order valence-corrected chi connectivity index (χ0v) is 16.3. The van der Waals surface area contributed by atoms with E-state index in [0.717, 1.165) is 22.2 Å². The molecule has 0 atom stereocenters. The summed E-state index contributed by atoms with van der Waals surface area (Å²) in [7, 11) is -0.931. The number of hydrogen-bond donors (Lipinski definition) is 1. The van der Waals surface area contributed by atoms with Crippen LogP contribution in [0.15, 0.2) is 36.4 Å². The Bertz CT molecular complexity index is 902. The van der Waals surface area contributed by atoms with Gasteiger partial charge in [0, 0.05) is 5.56 Å². The average Bonchev–Trinajstić information content (AvgIpc) is 2.80. The summed E-state index contributed by atoms with van der Waals surface area (Å²) in [5, 5.41) is 10.00. The van der Waals surface area contributed by atoms with Gasteiger partial charge in [0.25, 0.3) is 0 Å². The highest BCUT2D eigenvalue weighted by Crippen LogP contribution is 2.30. The van der Waals surface area contributed by atoms with Crippen LogP contribution in [0.5, 0.6) is 0 Å². The first-order valence-electron chi connectivity index (χ1n) is 8.91. The van der Waals surface area contributed by atoms with Crippen LogP contribution in [0.25, 0.3) is 5.57 Å². The first-order valence-corrected chi connectivity index (χ1v) is 8.91. The van der Waals surface area contributed by atoms with Gasteiger partial charge >= 0.3 is 7.12 Å². The molecule has 0 fully saturated rings. The lowest BCUT2D eigenvalue weighted by Gasteiger charge is -2.20. The Labute approximate surface area is 155 Å². The van der Waals surface area contributed by atoms with E-state index < -0.39 is 12.7 Å². The molecule has 3 nitrogen and oxygen atoms in total. The third-order valence-corrected chi connectivity index (χ3v) is 5.39. The Hall–Kier alpha value is -2.17. The van der Waals surface area contributed by atoms with E-state index in [-0.39, 0.29) is 5.78 Å². The molecule has 0 saturated carbocycles. The maximum Gasteiger partial charge on any atom is 0.492 e. The number of aryl methyl sites for hydroxylation is 2. The van der Waals surface area contributed by atoms with E-state index >= 15 is 0 Å². The Morgan fingerprint density at radius 1 is 1.08 bits per heavy atom. The van der Waals surface area contributed by atoms with Gasteiger partial charge in [-0.15, -0.1) is 0 Å². The summed E-state index contributed by atoms with van der Waals surface area (Å²) in [5.41, 5.74) is 7.35. The SMILES string of the molecule is CC(=CC(=O)c1ccc2c(c1)C(C)(C)OB2O)c1cc(C)c(C)c(C)c1. The topological polar surface area (TPSA) is 46.5 Å². The van der Waals surface area contributed by atoms with Crippen LogP contribution in [-0.4, -0.2) is 17.9 Å². The molecular weight excluding hydrogens is 323 g/mol. The number of rotatable bonds is 3. The zero-order valence-electron chi connectivity index (χ0n) is 16.3. The van der Waals surface area contributed by atoms with Crippen LogP contribution in [0.2, 0.25) is 0 Å². The van der Waals surface area contributed by atoms with Crippen molar-refractivity contribution in [1.29, 1.82) is 0 Å². The fourth-order valence-electron chi connectivity index (χ4n) is 3.48. The van der Waals surface area contributed by atoms with Gasteiger partial charge in [-0.05, 0) is 92.5 Å². The highest BCUT2D eigenvalue weighted by Gasteiger charge is 2.40. The molecule has 134 valence electrons. The molecule has 0 spiro atoms. The smallest absolute Gasteiger partial charge is 0.423 e. The van der Waals surface area contributed by atoms with Crippen LogP contribution in [0, 0.1) is 20.8 Å². The molecule has 0 bridgehead atoms. The van der Waals surface area contributed by atoms with Crippen LogP contribution in [0.1, 0.15) is 58.9 Å². The number of hydrogen-bond acceptors (Lipinski definition) is 3. The van der Waals surface area contributed by atoms with E-state index in [1.54, 1.807) is 18.2 Å². The molecule has 4 heteroatoms. The van der Waals surface area contributed by atoms with Crippen molar-refractivity contribution in [3.63, 3.8) is 0 Å². The fraction of sp³-hybridized carbons (Fsp3) is 0.318. The minimum atomic E-state index is -0.931. The molecule has 26 heavy (non-hydrogen) atoms. The lowest BCUT2D eigenvalue weighted by Crippen LogP contribution is -2.28. The number of carbonyl (C=O) groups excluding carboxylic acids is 1. The minimum absolute atomic E-state index is 0.0432. The molecule has 2 aromatic rings. The molecule has 1 aliphatic heterocycles. The Morgan fingerprint density at radius 2 is 1.69 bits per heavy atom. The van der Waals surface area contributed by atoms with Crippen LogP contribution >= 0.6 is 0 Å². The normalized spacial score (nSPS) is 16.0. The minimum Gasteiger partial charge on any atom is -0.423 e. The number of carbonyl (C=O) groups is 1. The molecule has 0 aliphatic carbocycles. The number of fused-ring (bicyclic) bond motifs is 1. The van der Waals surface area contributed by atoms with Gasteiger partial charge in [0.1, 0.15) is 0 Å². The molecule has 0 aromatic heterocycles. The Morgan fingerprint density at radius 3 is 2.31 bits per heavy atom. The molecule has 0 saturated heterocycles. The van der Waals surface area contributed by atoms with Crippen LogP contribution < -0.4 is 5.46 Å². The lowest BCUT2D eigenvalue weighted by molar-refractivity contribution is 0.100. The van der Waals surface area contributed by atoms with Crippen LogP contribution in [0.3, 0.4) is 0 Å². The number of ketones is 1. The van der Waals surface area contributed by atoms with Crippen molar-refractivity contribution in [2.75, 3.05) is 0 Å². The van der Waals surface area contributed by atoms with Gasteiger partial charge in [-0.1, -0.05) is 24.3 Å². The van der Waals surface area contributed by atoms with Crippen molar-refractivity contribution in [3.05, 3.63) is 69.8 Å². The standard InChI is InChI=1S/C22H25BO3/c1-13-9-18(10-14(2)16(13)4)15(3)11-21(24)17-7-8-20-19(12-17)22(5,6)26-23(20)25/h7-12,25H,1-6H3. The van der Waals surface area contributed by atoms with Gasteiger partial charge < -0.3 is 9.68 Å². The van der Waals surface area contributed by atoms with E-state index in [9.17, 15) is 9.82 Å². The van der Waals surface area contributed by atoms with E-state index in [0.29, 0.717) is 5.56 Å². The number of allylic oxidation sites excluding steroid dienone is 2. The second-order valence-electron chi connectivity index (χ2n) is 7.71. The highest BCUT2D eigenvalue weighted by atomic mass is 16.5. The predicted molar refractivity (Wildman–Crippen MR) is 107 cm³/mol. The van der Waals surface area contributed by atoms with Gasteiger partial charge in [-0.3, -0.25) is 4.79 Å². The van der Waals surface area contributed by atoms with Gasteiger partial charge in [0.2, 0.25) is 0 Å². The fourth-order valence-corrected chi connectivity index (χ4v) is 3.48. The first kappa shape index (κ1) is 18.6. The summed E-state index contributed by atoms with van der Waals surface area (Å²) >= 11 is 0. The predicted octanol–water partition coefficient (Wildman–Crippen LogP) is 3.85. The van der Waals surface area contributed by atoms with E-state index in [4.69, 9.17) is 4.65 Å². The lowest BCUT2D eigenvalue weighted by atomic mass is 9.77. The average molecular weight is 348 g/mol. The van der Waals surface area contributed by atoms with Crippen molar-refractivity contribution in [3.8, 4) is 0 Å². The second kappa shape index (κ2) is 6.53. The van der Waals surface area contributed by atoms with Crippen LogP contribution in [-0.2, 0) is 10.3 Å². The van der Waals surface area contributed by atoms with E-state index in [1.807, 2.05) is 26.8 Å². The quantitative estimate of drug-likeness (QED) is 0.521. The maximum absolute atomic E-state index is 12.8. The highest BCUT2D eigenvalue weighted by molar-refractivity contribution is 6.62.